The normalized spacial score (nSPS) is 9.33. The van der Waals surface area contributed by atoms with Crippen molar-refractivity contribution in [1.82, 2.24) is 9.55 Å². The van der Waals surface area contributed by atoms with Crippen LogP contribution in [0.3, 0.4) is 0 Å². The topological polar surface area (TPSA) is 58.7 Å². The molecule has 0 spiro atoms. The van der Waals surface area contributed by atoms with Crippen LogP contribution in [0.1, 0.15) is 12.6 Å². The summed E-state index contributed by atoms with van der Waals surface area (Å²) in [5, 5.41) is 8.33. The van der Waals surface area contributed by atoms with E-state index in [4.69, 9.17) is 5.26 Å². The zero-order valence-electron chi connectivity index (χ0n) is 6.82. The fraction of sp³-hybridized carbons (Fsp3) is 0.375. The Hall–Kier alpha value is -1.63. The molecule has 0 aliphatic heterocycles. The first-order valence-electron chi connectivity index (χ1n) is 3.70. The van der Waals surface area contributed by atoms with Crippen LogP contribution in [-0.2, 0) is 13.0 Å². The summed E-state index contributed by atoms with van der Waals surface area (Å²) in [7, 11) is 0. The van der Waals surface area contributed by atoms with Gasteiger partial charge in [0.2, 0.25) is 0 Å². The van der Waals surface area contributed by atoms with Crippen molar-refractivity contribution in [3.63, 3.8) is 0 Å². The highest BCUT2D eigenvalue weighted by atomic mass is 16.1. The van der Waals surface area contributed by atoms with Gasteiger partial charge in [-0.05, 0) is 6.42 Å². The van der Waals surface area contributed by atoms with Crippen LogP contribution >= 0.6 is 0 Å². The summed E-state index contributed by atoms with van der Waals surface area (Å²) >= 11 is 0. The Kier molecular flexibility index (Phi) is 2.59. The highest BCUT2D eigenvalue weighted by molar-refractivity contribution is 4.99. The van der Waals surface area contributed by atoms with Crippen molar-refractivity contribution in [3.8, 4) is 6.07 Å². The van der Waals surface area contributed by atoms with Gasteiger partial charge in [-0.1, -0.05) is 6.92 Å². The minimum Gasteiger partial charge on any atom is -0.285 e. The largest absolute Gasteiger partial charge is 0.285 e. The van der Waals surface area contributed by atoms with Gasteiger partial charge in [-0.25, -0.2) is 4.98 Å². The minimum atomic E-state index is -0.164. The van der Waals surface area contributed by atoms with Crippen molar-refractivity contribution in [2.75, 3.05) is 0 Å². The molecular weight excluding hydrogens is 154 g/mol. The molecule has 0 unspecified atom stereocenters. The first-order chi connectivity index (χ1) is 5.77. The van der Waals surface area contributed by atoms with E-state index in [1.807, 2.05) is 13.0 Å². The number of aromatic nitrogens is 2. The van der Waals surface area contributed by atoms with Crippen molar-refractivity contribution < 1.29 is 0 Å². The van der Waals surface area contributed by atoms with Crippen LogP contribution in [0.2, 0.25) is 0 Å². The van der Waals surface area contributed by atoms with Crippen LogP contribution in [-0.4, -0.2) is 9.55 Å². The Morgan fingerprint density at radius 3 is 3.00 bits per heavy atom. The van der Waals surface area contributed by atoms with E-state index < -0.39 is 0 Å². The van der Waals surface area contributed by atoms with Crippen molar-refractivity contribution in [2.24, 2.45) is 0 Å². The Bertz CT molecular complexity index is 361. The molecule has 0 aliphatic carbocycles. The van der Waals surface area contributed by atoms with Gasteiger partial charge in [0.05, 0.1) is 12.4 Å². The zero-order valence-corrected chi connectivity index (χ0v) is 6.82. The van der Waals surface area contributed by atoms with Crippen LogP contribution in [0, 0.1) is 11.3 Å². The third-order valence-electron chi connectivity index (χ3n) is 1.54. The maximum atomic E-state index is 11.2. The van der Waals surface area contributed by atoms with Crippen LogP contribution in [0.5, 0.6) is 0 Å². The lowest BCUT2D eigenvalue weighted by Gasteiger charge is -1.98. The Morgan fingerprint density at radius 1 is 1.75 bits per heavy atom. The molecular formula is C8H9N3O. The van der Waals surface area contributed by atoms with E-state index >= 15 is 0 Å². The van der Waals surface area contributed by atoms with Gasteiger partial charge in [-0.2, -0.15) is 5.26 Å². The predicted molar refractivity (Wildman–Crippen MR) is 43.5 cm³/mol. The Labute approximate surface area is 70.1 Å². The van der Waals surface area contributed by atoms with Gasteiger partial charge in [0.15, 0.2) is 0 Å². The second-order valence-corrected chi connectivity index (χ2v) is 2.36. The van der Waals surface area contributed by atoms with Crippen molar-refractivity contribution in [3.05, 3.63) is 28.4 Å². The second kappa shape index (κ2) is 3.67. The molecule has 0 atom stereocenters. The fourth-order valence-corrected chi connectivity index (χ4v) is 0.852. The lowest BCUT2D eigenvalue weighted by atomic mass is 10.3. The average Bonchev–Trinajstić information content (AvgIpc) is 2.09. The Balaban J connectivity index is 3.06. The Morgan fingerprint density at radius 2 is 2.50 bits per heavy atom. The molecule has 0 radical (unpaired) electrons. The van der Waals surface area contributed by atoms with E-state index in [0.29, 0.717) is 0 Å². The number of hydrogen-bond acceptors (Lipinski definition) is 3. The maximum Gasteiger partial charge on any atom is 0.254 e. The molecule has 0 aromatic carbocycles. The smallest absolute Gasteiger partial charge is 0.254 e. The summed E-state index contributed by atoms with van der Waals surface area (Å²) in [4.78, 5) is 15.1. The molecule has 0 bridgehead atoms. The van der Waals surface area contributed by atoms with Gasteiger partial charge in [-0.3, -0.25) is 9.36 Å². The van der Waals surface area contributed by atoms with Crippen LogP contribution in [0.25, 0.3) is 0 Å². The fourth-order valence-electron chi connectivity index (χ4n) is 0.852. The quantitative estimate of drug-likeness (QED) is 0.631. The standard InChI is InChI=1S/C8H9N3O/c1-2-7-5-8(12)11(4-3-9)6-10-7/h5-6H,2,4H2,1H3. The summed E-state index contributed by atoms with van der Waals surface area (Å²) in [6, 6.07) is 3.34. The summed E-state index contributed by atoms with van der Waals surface area (Å²) < 4.78 is 1.28. The number of nitrogens with zero attached hydrogens (tertiary/aromatic N) is 3. The minimum absolute atomic E-state index is 0.0653. The van der Waals surface area contributed by atoms with Gasteiger partial charge in [-0.15, -0.1) is 0 Å². The molecule has 0 fully saturated rings. The molecule has 1 rings (SSSR count). The van der Waals surface area contributed by atoms with E-state index in [9.17, 15) is 4.79 Å². The number of rotatable bonds is 2. The van der Waals surface area contributed by atoms with E-state index in [2.05, 4.69) is 4.98 Å². The van der Waals surface area contributed by atoms with E-state index in [1.165, 1.54) is 17.0 Å². The van der Waals surface area contributed by atoms with Crippen LogP contribution < -0.4 is 5.56 Å². The SMILES string of the molecule is CCc1cc(=O)n(CC#N)cn1. The van der Waals surface area contributed by atoms with E-state index in [1.54, 1.807) is 0 Å². The predicted octanol–water partition coefficient (Wildman–Crippen LogP) is 0.329. The molecule has 0 saturated heterocycles. The second-order valence-electron chi connectivity index (χ2n) is 2.36. The highest BCUT2D eigenvalue weighted by Crippen LogP contribution is 1.88. The third kappa shape index (κ3) is 1.70. The number of aryl methyl sites for hydroxylation is 1. The first-order valence-corrected chi connectivity index (χ1v) is 3.70. The van der Waals surface area contributed by atoms with Crippen molar-refractivity contribution in [2.45, 2.75) is 19.9 Å². The monoisotopic (exact) mass is 163 g/mol. The highest BCUT2D eigenvalue weighted by Gasteiger charge is 1.96. The number of nitriles is 1. The molecule has 4 nitrogen and oxygen atoms in total. The van der Waals surface area contributed by atoms with E-state index in [0.717, 1.165) is 12.1 Å². The molecule has 4 heteroatoms. The van der Waals surface area contributed by atoms with Gasteiger partial charge in [0, 0.05) is 11.8 Å². The van der Waals surface area contributed by atoms with E-state index in [-0.39, 0.29) is 12.1 Å². The molecule has 62 valence electrons. The van der Waals surface area contributed by atoms with Crippen LogP contribution in [0.15, 0.2) is 17.2 Å². The average molecular weight is 163 g/mol. The molecule has 12 heavy (non-hydrogen) atoms. The molecule has 1 heterocycles. The first kappa shape index (κ1) is 8.47. The third-order valence-corrected chi connectivity index (χ3v) is 1.54. The lowest BCUT2D eigenvalue weighted by molar-refractivity contribution is 0.748. The molecule has 1 aromatic rings. The van der Waals surface area contributed by atoms with Gasteiger partial charge < -0.3 is 0 Å². The number of hydrogen-bond donors (Lipinski definition) is 0. The molecule has 0 N–H and O–H groups in total. The molecule has 0 amide bonds. The molecule has 0 saturated carbocycles. The van der Waals surface area contributed by atoms with Gasteiger partial charge in [0.25, 0.3) is 5.56 Å². The summed E-state index contributed by atoms with van der Waals surface area (Å²) in [6.45, 7) is 1.99. The molecule has 0 aliphatic rings. The summed E-state index contributed by atoms with van der Waals surface area (Å²) in [5.74, 6) is 0. The van der Waals surface area contributed by atoms with Crippen molar-refractivity contribution in [1.29, 1.82) is 5.26 Å². The van der Waals surface area contributed by atoms with Gasteiger partial charge in [0.1, 0.15) is 6.54 Å². The summed E-state index contributed by atoms with van der Waals surface area (Å²) in [6.07, 6.45) is 2.15. The van der Waals surface area contributed by atoms with Gasteiger partial charge >= 0.3 is 0 Å². The lowest BCUT2D eigenvalue weighted by Crippen LogP contribution is -2.19. The maximum absolute atomic E-state index is 11.2. The molecule has 1 aromatic heterocycles. The van der Waals surface area contributed by atoms with Crippen molar-refractivity contribution >= 4 is 0 Å². The zero-order chi connectivity index (χ0) is 8.97. The van der Waals surface area contributed by atoms with Crippen LogP contribution in [0.4, 0.5) is 0 Å². The summed E-state index contributed by atoms with van der Waals surface area (Å²) in [5.41, 5.74) is 0.595.